The predicted molar refractivity (Wildman–Crippen MR) is 237 cm³/mol. The highest BCUT2D eigenvalue weighted by atomic mass is 32.1. The summed E-state index contributed by atoms with van der Waals surface area (Å²) in [7, 11) is 0. The van der Waals surface area contributed by atoms with Crippen LogP contribution in [0.3, 0.4) is 0 Å². The molecule has 0 atom stereocenters. The molecule has 0 aliphatic rings. The highest BCUT2D eigenvalue weighted by Gasteiger charge is 2.21. The van der Waals surface area contributed by atoms with Crippen LogP contribution >= 0.6 is 11.3 Å². The van der Waals surface area contributed by atoms with Gasteiger partial charge in [0.15, 0.2) is 0 Å². The third-order valence-electron chi connectivity index (χ3n) is 11.0. The Labute approximate surface area is 323 Å². The van der Waals surface area contributed by atoms with E-state index in [1.807, 2.05) is 11.3 Å². The molecule has 9 aromatic carbocycles. The molecule has 0 aliphatic carbocycles. The molecule has 0 N–H and O–H groups in total. The maximum atomic E-state index is 2.44. The number of hydrogen-bond donors (Lipinski definition) is 0. The molecule has 0 amide bonds. The number of thiophene rings is 1. The van der Waals surface area contributed by atoms with Crippen LogP contribution in [-0.4, -0.2) is 4.57 Å². The largest absolute Gasteiger partial charge is 0.310 e. The Kier molecular flexibility index (Phi) is 7.39. The van der Waals surface area contributed by atoms with Crippen LogP contribution in [0, 0.1) is 0 Å². The van der Waals surface area contributed by atoms with E-state index < -0.39 is 0 Å². The molecule has 2 nitrogen and oxygen atoms in total. The third kappa shape index (κ3) is 5.16. The summed E-state index contributed by atoms with van der Waals surface area (Å²) in [5.74, 6) is 0. The first-order chi connectivity index (χ1) is 27.3. The van der Waals surface area contributed by atoms with Gasteiger partial charge in [0.05, 0.1) is 16.7 Å². The van der Waals surface area contributed by atoms with E-state index in [1.54, 1.807) is 0 Å². The number of benzene rings is 9. The molecule has 11 aromatic rings. The zero-order valence-corrected chi connectivity index (χ0v) is 30.7. The van der Waals surface area contributed by atoms with Gasteiger partial charge in [0, 0.05) is 53.6 Å². The minimum Gasteiger partial charge on any atom is -0.310 e. The molecule has 2 aromatic heterocycles. The first kappa shape index (κ1) is 31.6. The van der Waals surface area contributed by atoms with Crippen LogP contribution in [0.5, 0.6) is 0 Å². The van der Waals surface area contributed by atoms with Gasteiger partial charge in [0.1, 0.15) is 0 Å². The van der Waals surface area contributed by atoms with Gasteiger partial charge < -0.3 is 9.47 Å². The van der Waals surface area contributed by atoms with Crippen LogP contribution in [0.2, 0.25) is 0 Å². The Morgan fingerprint density at radius 1 is 0.382 bits per heavy atom. The minimum absolute atomic E-state index is 1.09. The second kappa shape index (κ2) is 12.9. The van der Waals surface area contributed by atoms with Crippen molar-refractivity contribution in [3.05, 3.63) is 206 Å². The predicted octanol–water partition coefficient (Wildman–Crippen LogP) is 15.1. The van der Waals surface area contributed by atoms with Gasteiger partial charge in [-0.05, 0) is 94.2 Å². The number of anilines is 3. The molecule has 0 bridgehead atoms. The van der Waals surface area contributed by atoms with Crippen LogP contribution in [0.25, 0.3) is 80.7 Å². The molecule has 11 rings (SSSR count). The van der Waals surface area contributed by atoms with Crippen molar-refractivity contribution in [2.75, 3.05) is 4.90 Å². The van der Waals surface area contributed by atoms with Gasteiger partial charge >= 0.3 is 0 Å². The maximum Gasteiger partial charge on any atom is 0.0541 e. The maximum absolute atomic E-state index is 2.44. The number of rotatable bonds is 6. The van der Waals surface area contributed by atoms with Gasteiger partial charge in [-0.1, -0.05) is 140 Å². The topological polar surface area (TPSA) is 8.17 Å². The zero-order valence-electron chi connectivity index (χ0n) is 29.9. The lowest BCUT2D eigenvalue weighted by Gasteiger charge is -2.29. The zero-order chi connectivity index (χ0) is 36.3. The first-order valence-electron chi connectivity index (χ1n) is 18.8. The molecule has 55 heavy (non-hydrogen) atoms. The lowest BCUT2D eigenvalue weighted by molar-refractivity contribution is 1.17. The fourth-order valence-corrected chi connectivity index (χ4v) is 9.70. The van der Waals surface area contributed by atoms with Crippen LogP contribution in [0.15, 0.2) is 206 Å². The Bertz CT molecular complexity index is 3160. The molecular formula is C52H34N2S. The molecule has 0 spiro atoms. The Hall–Kier alpha value is -6.94. The summed E-state index contributed by atoms with van der Waals surface area (Å²) in [6, 6.07) is 75.2. The minimum atomic E-state index is 1.09. The summed E-state index contributed by atoms with van der Waals surface area (Å²) in [6.45, 7) is 0. The second-order valence-corrected chi connectivity index (χ2v) is 15.2. The van der Waals surface area contributed by atoms with Crippen LogP contribution < -0.4 is 4.90 Å². The van der Waals surface area contributed by atoms with E-state index in [0.717, 1.165) is 22.7 Å². The van der Waals surface area contributed by atoms with E-state index in [-0.39, 0.29) is 0 Å². The van der Waals surface area contributed by atoms with E-state index in [0.29, 0.717) is 0 Å². The van der Waals surface area contributed by atoms with E-state index in [2.05, 4.69) is 216 Å². The van der Waals surface area contributed by atoms with Crippen molar-refractivity contribution in [2.45, 2.75) is 0 Å². The van der Waals surface area contributed by atoms with Crippen molar-refractivity contribution < 1.29 is 0 Å². The first-order valence-corrected chi connectivity index (χ1v) is 19.6. The van der Waals surface area contributed by atoms with Crippen molar-refractivity contribution in [3.63, 3.8) is 0 Å². The Morgan fingerprint density at radius 2 is 0.964 bits per heavy atom. The highest BCUT2D eigenvalue weighted by molar-refractivity contribution is 7.25. The normalized spacial score (nSPS) is 11.6. The monoisotopic (exact) mass is 718 g/mol. The standard InChI is InChI=1S/C52H34N2S/c1-2-18-40-35(14-1)15-12-23-41(40)36-16-11-17-39(34-36)53(37-30-32-38(33-31-37)54-48-26-8-3-19-42(48)43-20-4-9-27-49(43)54)47-25-7-5-21-44(47)45-24-13-29-51-52(45)46-22-6-10-28-50(46)55-51/h1-34H. The number of aromatic nitrogens is 1. The van der Waals surface area contributed by atoms with Crippen LogP contribution in [0.1, 0.15) is 0 Å². The van der Waals surface area contributed by atoms with Crippen molar-refractivity contribution >= 4 is 81.1 Å². The van der Waals surface area contributed by atoms with E-state index >= 15 is 0 Å². The molecule has 0 saturated heterocycles. The van der Waals surface area contributed by atoms with Crippen molar-refractivity contribution in [1.82, 2.24) is 4.57 Å². The number of fused-ring (bicyclic) bond motifs is 7. The van der Waals surface area contributed by atoms with Gasteiger partial charge in [-0.15, -0.1) is 11.3 Å². The molecule has 258 valence electrons. The van der Waals surface area contributed by atoms with Crippen molar-refractivity contribution in [2.24, 2.45) is 0 Å². The average molecular weight is 719 g/mol. The third-order valence-corrected chi connectivity index (χ3v) is 12.1. The Morgan fingerprint density at radius 3 is 1.78 bits per heavy atom. The summed E-state index contributed by atoms with van der Waals surface area (Å²) in [5.41, 5.74) is 11.7. The molecule has 0 aliphatic heterocycles. The molecule has 0 fully saturated rings. The van der Waals surface area contributed by atoms with E-state index in [4.69, 9.17) is 0 Å². The molecule has 0 radical (unpaired) electrons. The SMILES string of the molecule is c1cc(-c2cccc3ccccc23)cc(N(c2ccc(-n3c4ccccc4c4ccccc43)cc2)c2ccccc2-c2cccc3sc4ccccc4c23)c1. The molecule has 3 heteroatoms. The summed E-state index contributed by atoms with van der Waals surface area (Å²) < 4.78 is 4.99. The van der Waals surface area contributed by atoms with Gasteiger partial charge in [0.2, 0.25) is 0 Å². The van der Waals surface area contributed by atoms with Crippen molar-refractivity contribution in [1.29, 1.82) is 0 Å². The summed E-state index contributed by atoms with van der Waals surface area (Å²) in [4.78, 5) is 2.44. The lowest BCUT2D eigenvalue weighted by atomic mass is 9.96. The Balaban J connectivity index is 1.13. The lowest BCUT2D eigenvalue weighted by Crippen LogP contribution is -2.11. The fraction of sp³-hybridized carbons (Fsp3) is 0. The second-order valence-electron chi connectivity index (χ2n) is 14.1. The van der Waals surface area contributed by atoms with Crippen LogP contribution in [0.4, 0.5) is 17.1 Å². The quantitative estimate of drug-likeness (QED) is 0.166. The number of hydrogen-bond acceptors (Lipinski definition) is 2. The smallest absolute Gasteiger partial charge is 0.0541 e. The summed E-state index contributed by atoms with van der Waals surface area (Å²) in [6.07, 6.45) is 0. The van der Waals surface area contributed by atoms with Crippen molar-refractivity contribution in [3.8, 4) is 27.9 Å². The van der Waals surface area contributed by atoms with E-state index in [9.17, 15) is 0 Å². The van der Waals surface area contributed by atoms with E-state index in [1.165, 1.54) is 75.0 Å². The van der Waals surface area contributed by atoms with Gasteiger partial charge in [0.25, 0.3) is 0 Å². The summed E-state index contributed by atoms with van der Waals surface area (Å²) in [5, 5.41) is 7.62. The molecule has 2 heterocycles. The molecular weight excluding hydrogens is 685 g/mol. The number of para-hydroxylation sites is 3. The molecule has 0 saturated carbocycles. The molecule has 0 unspecified atom stereocenters. The van der Waals surface area contributed by atoms with Gasteiger partial charge in [-0.3, -0.25) is 0 Å². The highest BCUT2D eigenvalue weighted by Crippen LogP contribution is 2.47. The van der Waals surface area contributed by atoms with Crippen LogP contribution in [-0.2, 0) is 0 Å². The summed E-state index contributed by atoms with van der Waals surface area (Å²) >= 11 is 1.86. The van der Waals surface area contributed by atoms with Gasteiger partial charge in [-0.2, -0.15) is 0 Å². The number of nitrogens with zero attached hydrogens (tertiary/aromatic N) is 2. The average Bonchev–Trinajstić information content (AvgIpc) is 3.80. The fourth-order valence-electron chi connectivity index (χ4n) is 8.56. The van der Waals surface area contributed by atoms with Gasteiger partial charge in [-0.25, -0.2) is 0 Å².